The van der Waals surface area contributed by atoms with E-state index < -0.39 is 0 Å². The average Bonchev–Trinajstić information content (AvgIpc) is 3.10. The number of carbonyl (C=O) groups is 2. The Morgan fingerprint density at radius 2 is 1.78 bits per heavy atom. The van der Waals surface area contributed by atoms with Gasteiger partial charge in [0, 0.05) is 24.5 Å². The number of nitrogens with one attached hydrogen (secondary N) is 1. The van der Waals surface area contributed by atoms with Crippen LogP contribution in [-0.2, 0) is 22.7 Å². The molecule has 3 aliphatic rings. The number of fused-ring (bicyclic) bond motifs is 1. The van der Waals surface area contributed by atoms with Crippen LogP contribution >= 0.6 is 24.2 Å². The van der Waals surface area contributed by atoms with Crippen molar-refractivity contribution in [3.05, 3.63) is 69.7 Å². The molecule has 5 nitrogen and oxygen atoms in total. The van der Waals surface area contributed by atoms with Gasteiger partial charge in [-0.25, -0.2) is 0 Å². The first-order valence-corrected chi connectivity index (χ1v) is 12.2. The van der Waals surface area contributed by atoms with Crippen molar-refractivity contribution in [2.24, 2.45) is 0 Å². The van der Waals surface area contributed by atoms with Gasteiger partial charge in [0.05, 0.1) is 11.4 Å². The van der Waals surface area contributed by atoms with Gasteiger partial charge in [0.1, 0.15) is 0 Å². The zero-order valence-corrected chi connectivity index (χ0v) is 19.6. The van der Waals surface area contributed by atoms with Crippen molar-refractivity contribution in [3.8, 4) is 0 Å². The predicted molar refractivity (Wildman–Crippen MR) is 129 cm³/mol. The number of hydrogen-bond acceptors (Lipinski definition) is 5. The number of piperidine rings is 2. The number of carbonyl (C=O) groups excluding carboxylic acids is 2. The van der Waals surface area contributed by atoms with Gasteiger partial charge in [-0.2, -0.15) is 12.6 Å². The van der Waals surface area contributed by atoms with E-state index in [0.717, 1.165) is 37.5 Å². The second-order valence-corrected chi connectivity index (χ2v) is 10.1. The topological polar surface area (TPSA) is 52.7 Å². The van der Waals surface area contributed by atoms with Gasteiger partial charge in [0.25, 0.3) is 0 Å². The van der Waals surface area contributed by atoms with E-state index in [2.05, 4.69) is 45.4 Å². The molecule has 0 bridgehead atoms. The lowest BCUT2D eigenvalue weighted by Crippen LogP contribution is -2.51. The molecule has 1 N–H and O–H groups in total. The van der Waals surface area contributed by atoms with E-state index in [1.54, 1.807) is 0 Å². The molecule has 0 radical (unpaired) electrons. The van der Waals surface area contributed by atoms with Crippen LogP contribution in [0.4, 0.5) is 0 Å². The summed E-state index contributed by atoms with van der Waals surface area (Å²) in [4.78, 5) is 28.5. The second kappa shape index (κ2) is 9.18. The zero-order valence-electron chi connectivity index (χ0n) is 18.0. The summed E-state index contributed by atoms with van der Waals surface area (Å²) in [7, 11) is 0. The van der Waals surface area contributed by atoms with Crippen molar-refractivity contribution in [3.63, 3.8) is 0 Å². The maximum absolute atomic E-state index is 12.3. The van der Waals surface area contributed by atoms with Crippen LogP contribution in [0.25, 0.3) is 0 Å². The predicted octanol–water partition coefficient (Wildman–Crippen LogP) is 4.27. The third-order valence-electron chi connectivity index (χ3n) is 7.10. The number of benzene rings is 2. The van der Waals surface area contributed by atoms with E-state index in [0.29, 0.717) is 25.3 Å². The number of nitrogens with zero attached hydrogens (tertiary/aromatic N) is 2. The molecule has 2 unspecified atom stereocenters. The van der Waals surface area contributed by atoms with Crippen LogP contribution in [0.2, 0.25) is 5.02 Å². The summed E-state index contributed by atoms with van der Waals surface area (Å²) < 4.78 is 0. The summed E-state index contributed by atoms with van der Waals surface area (Å²) in [6.07, 6.45) is 3.27. The largest absolute Gasteiger partial charge is 0.299 e. The first-order valence-electron chi connectivity index (χ1n) is 11.3. The van der Waals surface area contributed by atoms with Gasteiger partial charge >= 0.3 is 0 Å². The van der Waals surface area contributed by atoms with E-state index in [-0.39, 0.29) is 23.2 Å². The molecule has 2 aromatic rings. The third-order valence-corrected chi connectivity index (χ3v) is 7.92. The molecule has 2 amide bonds. The highest BCUT2D eigenvalue weighted by molar-refractivity contribution is 7.80. The Morgan fingerprint density at radius 3 is 2.50 bits per heavy atom. The third kappa shape index (κ3) is 4.46. The van der Waals surface area contributed by atoms with Gasteiger partial charge in [-0.15, -0.1) is 0 Å². The molecule has 3 heterocycles. The van der Waals surface area contributed by atoms with E-state index in [1.165, 1.54) is 22.3 Å². The lowest BCUT2D eigenvalue weighted by molar-refractivity contribution is -0.137. The molecule has 0 spiro atoms. The molecule has 2 fully saturated rings. The molecule has 2 saturated heterocycles. The number of thiol groups is 1. The lowest BCUT2D eigenvalue weighted by atomic mass is 9.89. The Labute approximate surface area is 199 Å². The Morgan fingerprint density at radius 1 is 1.03 bits per heavy atom. The Bertz CT molecular complexity index is 1020. The number of likely N-dealkylation sites (tertiary alicyclic amines) is 1. The van der Waals surface area contributed by atoms with Gasteiger partial charge in [0.2, 0.25) is 11.8 Å². The van der Waals surface area contributed by atoms with Crippen molar-refractivity contribution >= 4 is 36.0 Å². The van der Waals surface area contributed by atoms with Crippen LogP contribution in [-0.4, -0.2) is 40.7 Å². The SMILES string of the molecule is O=C1CCC(N2Cc3cc(CN4CCC(c5ccc(Cl)cc5)CC4)ccc3C2S)C(=O)N1. The molecule has 0 aliphatic carbocycles. The number of imide groups is 1. The van der Waals surface area contributed by atoms with Crippen molar-refractivity contribution in [1.29, 1.82) is 0 Å². The molecule has 0 aromatic heterocycles. The Kier molecular flexibility index (Phi) is 6.30. The summed E-state index contributed by atoms with van der Waals surface area (Å²) in [5.74, 6) is 0.230. The van der Waals surface area contributed by atoms with E-state index in [4.69, 9.17) is 24.2 Å². The Hall–Kier alpha value is -1.86. The van der Waals surface area contributed by atoms with Crippen LogP contribution in [0.1, 0.15) is 59.2 Å². The quantitative estimate of drug-likeness (QED) is 0.518. The molecule has 0 saturated carbocycles. The maximum atomic E-state index is 12.3. The standard InChI is InChI=1S/C25H28ClN3O2S/c26-20-4-2-17(3-5-20)18-9-11-28(12-10-18)14-16-1-6-21-19(13-16)15-29(25(21)32)22-7-8-23(30)27-24(22)31/h1-6,13,18,22,25,32H,7-12,14-15H2,(H,27,30,31). The van der Waals surface area contributed by atoms with Crippen LogP contribution in [0.3, 0.4) is 0 Å². The van der Waals surface area contributed by atoms with Crippen LogP contribution in [0.5, 0.6) is 0 Å². The second-order valence-electron chi connectivity index (χ2n) is 9.15. The molecule has 5 rings (SSSR count). The highest BCUT2D eigenvalue weighted by Gasteiger charge is 2.39. The summed E-state index contributed by atoms with van der Waals surface area (Å²) in [6.45, 7) is 3.81. The van der Waals surface area contributed by atoms with Gasteiger partial charge in [-0.3, -0.25) is 24.7 Å². The first kappa shape index (κ1) is 22.0. The minimum absolute atomic E-state index is 0.113. The smallest absolute Gasteiger partial charge is 0.243 e. The van der Waals surface area contributed by atoms with Crippen LogP contribution in [0, 0.1) is 0 Å². The molecule has 2 atom stereocenters. The van der Waals surface area contributed by atoms with Gasteiger partial charge in [-0.1, -0.05) is 41.9 Å². The molecule has 168 valence electrons. The Balaban J connectivity index is 1.20. The number of hydrogen-bond donors (Lipinski definition) is 2. The minimum Gasteiger partial charge on any atom is -0.299 e. The molecule has 3 aliphatic heterocycles. The van der Waals surface area contributed by atoms with Crippen LogP contribution in [0.15, 0.2) is 42.5 Å². The fourth-order valence-electron chi connectivity index (χ4n) is 5.30. The normalized spacial score (nSPS) is 25.1. The van der Waals surface area contributed by atoms with Crippen molar-refractivity contribution in [2.75, 3.05) is 13.1 Å². The van der Waals surface area contributed by atoms with Crippen molar-refractivity contribution in [2.45, 2.75) is 56.1 Å². The van der Waals surface area contributed by atoms with E-state index in [9.17, 15) is 9.59 Å². The van der Waals surface area contributed by atoms with Gasteiger partial charge < -0.3 is 0 Å². The van der Waals surface area contributed by atoms with Gasteiger partial charge in [0.15, 0.2) is 0 Å². The lowest BCUT2D eigenvalue weighted by Gasteiger charge is -2.32. The van der Waals surface area contributed by atoms with Crippen molar-refractivity contribution in [1.82, 2.24) is 15.1 Å². The number of halogens is 1. The molecular formula is C25H28ClN3O2S. The fourth-order valence-corrected chi connectivity index (χ4v) is 5.93. The van der Waals surface area contributed by atoms with Crippen molar-refractivity contribution < 1.29 is 9.59 Å². The molecular weight excluding hydrogens is 442 g/mol. The molecule has 2 aromatic carbocycles. The fraction of sp³-hybridized carbons (Fsp3) is 0.440. The first-order chi connectivity index (χ1) is 15.5. The summed E-state index contributed by atoms with van der Waals surface area (Å²) in [5.41, 5.74) is 5.10. The number of rotatable bonds is 4. The number of amides is 2. The summed E-state index contributed by atoms with van der Waals surface area (Å²) in [5, 5.41) is 3.15. The van der Waals surface area contributed by atoms with E-state index in [1.807, 2.05) is 12.1 Å². The average molecular weight is 470 g/mol. The minimum atomic E-state index is -0.294. The monoisotopic (exact) mass is 469 g/mol. The maximum Gasteiger partial charge on any atom is 0.243 e. The highest BCUT2D eigenvalue weighted by Crippen LogP contribution is 2.40. The molecule has 32 heavy (non-hydrogen) atoms. The van der Waals surface area contributed by atoms with Crippen LogP contribution < -0.4 is 5.32 Å². The highest BCUT2D eigenvalue weighted by atomic mass is 35.5. The summed E-state index contributed by atoms with van der Waals surface area (Å²) in [6, 6.07) is 14.6. The summed E-state index contributed by atoms with van der Waals surface area (Å²) >= 11 is 10.8. The zero-order chi connectivity index (χ0) is 22.2. The van der Waals surface area contributed by atoms with E-state index >= 15 is 0 Å². The molecule has 7 heteroatoms. The van der Waals surface area contributed by atoms with Gasteiger partial charge in [-0.05, 0) is 72.7 Å².